The van der Waals surface area contributed by atoms with Gasteiger partial charge in [0.1, 0.15) is 17.1 Å². The molecule has 154 valence electrons. The van der Waals surface area contributed by atoms with Gasteiger partial charge in [0.05, 0.1) is 30.4 Å². The molecule has 0 radical (unpaired) electrons. The lowest BCUT2D eigenvalue weighted by Crippen LogP contribution is -2.57. The molecule has 2 N–H and O–H groups in total. The first-order chi connectivity index (χ1) is 13.7. The number of nitrogens with zero attached hydrogens (tertiary/aromatic N) is 4. The van der Waals surface area contributed by atoms with Crippen molar-refractivity contribution in [2.24, 2.45) is 0 Å². The number of carbonyl (C=O) groups is 1. The third-order valence-corrected chi connectivity index (χ3v) is 4.40. The lowest BCUT2D eigenvalue weighted by molar-refractivity contribution is -0.234. The van der Waals surface area contributed by atoms with Crippen LogP contribution in [0, 0.1) is 11.3 Å². The van der Waals surface area contributed by atoms with Crippen LogP contribution >= 0.6 is 0 Å². The normalized spacial score (nSPS) is 20.9. The Hall–Kier alpha value is -2.97. The van der Waals surface area contributed by atoms with Crippen molar-refractivity contribution in [3.63, 3.8) is 0 Å². The van der Waals surface area contributed by atoms with Gasteiger partial charge < -0.3 is 20.1 Å². The standard InChI is InChI=1S/C18H18F3N5O3/c1-10(27)7-25-17(28)13-8-26(9-14(29-13)18(19,20)21)12-3-2-11(6-22)15-16(12)24-5-4-23-15/h2-5,10,13-14,27H,7-9H2,1H3,(H,25,28)/t10?,13-,14+/m1/s1. The minimum atomic E-state index is -4.68. The first kappa shape index (κ1) is 20.8. The average molecular weight is 409 g/mol. The molecular weight excluding hydrogens is 391 g/mol. The number of nitrogens with one attached hydrogen (secondary N) is 1. The Labute approximate surface area is 163 Å². The van der Waals surface area contributed by atoms with Crippen molar-refractivity contribution in [2.75, 3.05) is 24.5 Å². The molecule has 1 aliphatic rings. The van der Waals surface area contributed by atoms with Gasteiger partial charge in [0.2, 0.25) is 0 Å². The van der Waals surface area contributed by atoms with Crippen molar-refractivity contribution in [3.05, 3.63) is 30.1 Å². The molecule has 1 unspecified atom stereocenters. The van der Waals surface area contributed by atoms with E-state index in [2.05, 4.69) is 15.3 Å². The van der Waals surface area contributed by atoms with Crippen molar-refractivity contribution in [1.29, 1.82) is 5.26 Å². The smallest absolute Gasteiger partial charge is 0.392 e. The SMILES string of the molecule is CC(O)CNC(=O)[C@H]1CN(c2ccc(C#N)c3nccnc23)C[C@@H](C(F)(F)F)O1. The Morgan fingerprint density at radius 2 is 2.07 bits per heavy atom. The summed E-state index contributed by atoms with van der Waals surface area (Å²) in [7, 11) is 0. The first-order valence-electron chi connectivity index (χ1n) is 8.77. The van der Waals surface area contributed by atoms with Crippen LogP contribution in [0.15, 0.2) is 24.5 Å². The second-order valence-corrected chi connectivity index (χ2v) is 6.65. The van der Waals surface area contributed by atoms with E-state index in [-0.39, 0.29) is 29.7 Å². The number of aromatic nitrogens is 2. The van der Waals surface area contributed by atoms with Crippen molar-refractivity contribution in [1.82, 2.24) is 15.3 Å². The second kappa shape index (κ2) is 8.18. The Balaban J connectivity index is 1.96. The molecule has 2 aromatic rings. The number of rotatable bonds is 4. The monoisotopic (exact) mass is 409 g/mol. The fourth-order valence-corrected chi connectivity index (χ4v) is 3.03. The summed E-state index contributed by atoms with van der Waals surface area (Å²) in [5, 5.41) is 20.9. The number of morpholine rings is 1. The van der Waals surface area contributed by atoms with Crippen LogP contribution in [0.3, 0.4) is 0 Å². The molecule has 11 heteroatoms. The molecule has 3 atom stereocenters. The van der Waals surface area contributed by atoms with Gasteiger partial charge in [0, 0.05) is 18.9 Å². The molecule has 1 aromatic carbocycles. The van der Waals surface area contributed by atoms with Gasteiger partial charge in [-0.05, 0) is 19.1 Å². The molecule has 0 spiro atoms. The molecule has 0 bridgehead atoms. The van der Waals surface area contributed by atoms with Crippen LogP contribution in [-0.2, 0) is 9.53 Å². The molecule has 8 nitrogen and oxygen atoms in total. The zero-order valence-electron chi connectivity index (χ0n) is 15.3. The van der Waals surface area contributed by atoms with Crippen LogP contribution in [0.4, 0.5) is 18.9 Å². The van der Waals surface area contributed by atoms with Crippen molar-refractivity contribution in [3.8, 4) is 6.07 Å². The van der Waals surface area contributed by atoms with Gasteiger partial charge in [-0.1, -0.05) is 0 Å². The maximum absolute atomic E-state index is 13.4. The number of ether oxygens (including phenoxy) is 1. The van der Waals surface area contributed by atoms with E-state index in [9.17, 15) is 28.3 Å². The molecular formula is C18H18F3N5O3. The number of anilines is 1. The Bertz CT molecular complexity index is 944. The van der Waals surface area contributed by atoms with Gasteiger partial charge in [0.25, 0.3) is 5.91 Å². The van der Waals surface area contributed by atoms with Crippen LogP contribution in [0.1, 0.15) is 12.5 Å². The summed E-state index contributed by atoms with van der Waals surface area (Å²) >= 11 is 0. The zero-order valence-corrected chi connectivity index (χ0v) is 15.3. The highest BCUT2D eigenvalue weighted by Crippen LogP contribution is 2.33. The summed E-state index contributed by atoms with van der Waals surface area (Å²) in [6.45, 7) is 0.631. The van der Waals surface area contributed by atoms with E-state index in [1.165, 1.54) is 36.4 Å². The number of fused-ring (bicyclic) bond motifs is 1. The van der Waals surface area contributed by atoms with E-state index in [0.717, 1.165) is 0 Å². The second-order valence-electron chi connectivity index (χ2n) is 6.65. The van der Waals surface area contributed by atoms with Gasteiger partial charge in [-0.2, -0.15) is 18.4 Å². The highest BCUT2D eigenvalue weighted by Gasteiger charge is 2.47. The fraction of sp³-hybridized carbons (Fsp3) is 0.444. The molecule has 0 saturated carbocycles. The summed E-state index contributed by atoms with van der Waals surface area (Å²) in [5.74, 6) is -0.756. The fourth-order valence-electron chi connectivity index (χ4n) is 3.03. The largest absolute Gasteiger partial charge is 0.416 e. The van der Waals surface area contributed by atoms with E-state index >= 15 is 0 Å². The van der Waals surface area contributed by atoms with Crippen LogP contribution in [-0.4, -0.2) is 65.1 Å². The van der Waals surface area contributed by atoms with E-state index in [1.807, 2.05) is 6.07 Å². The van der Waals surface area contributed by atoms with E-state index in [1.54, 1.807) is 0 Å². The number of aliphatic hydroxyl groups is 1. The number of halogens is 3. The maximum atomic E-state index is 13.4. The lowest BCUT2D eigenvalue weighted by atomic mass is 10.1. The molecule has 3 rings (SSSR count). The highest BCUT2D eigenvalue weighted by molar-refractivity contribution is 5.92. The number of hydrogen-bond donors (Lipinski definition) is 2. The highest BCUT2D eigenvalue weighted by atomic mass is 19.4. The molecule has 29 heavy (non-hydrogen) atoms. The Kier molecular flexibility index (Phi) is 5.86. The number of amides is 1. The number of carbonyl (C=O) groups excluding carboxylic acids is 1. The molecule has 1 aliphatic heterocycles. The average Bonchev–Trinajstić information content (AvgIpc) is 2.70. The van der Waals surface area contributed by atoms with E-state index in [0.29, 0.717) is 5.69 Å². The van der Waals surface area contributed by atoms with E-state index in [4.69, 9.17) is 4.74 Å². The van der Waals surface area contributed by atoms with Gasteiger partial charge in [-0.15, -0.1) is 0 Å². The third-order valence-electron chi connectivity index (χ3n) is 4.40. The molecule has 0 aliphatic carbocycles. The summed E-state index contributed by atoms with van der Waals surface area (Å²) in [4.78, 5) is 21.9. The van der Waals surface area contributed by atoms with Gasteiger partial charge in [0.15, 0.2) is 12.2 Å². The van der Waals surface area contributed by atoms with Crippen LogP contribution in [0.5, 0.6) is 0 Å². The van der Waals surface area contributed by atoms with Crippen LogP contribution in [0.25, 0.3) is 11.0 Å². The first-order valence-corrected chi connectivity index (χ1v) is 8.77. The molecule has 1 fully saturated rings. The summed E-state index contributed by atoms with van der Waals surface area (Å²) < 4.78 is 45.3. The Morgan fingerprint density at radius 1 is 1.38 bits per heavy atom. The molecule has 2 heterocycles. The zero-order chi connectivity index (χ0) is 21.2. The van der Waals surface area contributed by atoms with Crippen molar-refractivity contribution in [2.45, 2.75) is 31.4 Å². The molecule has 1 amide bonds. The Morgan fingerprint density at radius 3 is 2.69 bits per heavy atom. The van der Waals surface area contributed by atoms with Crippen molar-refractivity contribution < 1.29 is 27.8 Å². The topological polar surface area (TPSA) is 111 Å². The van der Waals surface area contributed by atoms with Gasteiger partial charge in [-0.25, -0.2) is 0 Å². The van der Waals surface area contributed by atoms with Gasteiger partial charge in [-0.3, -0.25) is 14.8 Å². The maximum Gasteiger partial charge on any atom is 0.416 e. The quantitative estimate of drug-likeness (QED) is 0.779. The minimum Gasteiger partial charge on any atom is -0.392 e. The number of nitriles is 1. The number of benzene rings is 1. The predicted octanol–water partition coefficient (Wildman–Crippen LogP) is 1.13. The minimum absolute atomic E-state index is 0.110. The predicted molar refractivity (Wildman–Crippen MR) is 95.9 cm³/mol. The summed E-state index contributed by atoms with van der Waals surface area (Å²) in [6, 6.07) is 4.91. The number of aliphatic hydroxyl groups excluding tert-OH is 1. The third kappa shape index (κ3) is 4.55. The van der Waals surface area contributed by atoms with Crippen LogP contribution in [0.2, 0.25) is 0 Å². The number of hydrogen-bond acceptors (Lipinski definition) is 7. The summed E-state index contributed by atoms with van der Waals surface area (Å²) in [5.41, 5.74) is 1.08. The molecule has 1 saturated heterocycles. The van der Waals surface area contributed by atoms with E-state index < -0.39 is 36.9 Å². The van der Waals surface area contributed by atoms with Gasteiger partial charge >= 0.3 is 6.18 Å². The summed E-state index contributed by atoms with van der Waals surface area (Å²) in [6.07, 6.45) is -6.37. The lowest BCUT2D eigenvalue weighted by Gasteiger charge is -2.39. The van der Waals surface area contributed by atoms with Crippen LogP contribution < -0.4 is 10.2 Å². The molecule has 1 aromatic heterocycles. The number of alkyl halides is 3. The van der Waals surface area contributed by atoms with Crippen molar-refractivity contribution >= 4 is 22.6 Å².